The van der Waals surface area contributed by atoms with Gasteiger partial charge >= 0.3 is 5.76 Å². The standard InChI is InChI=1S/C21H22NO2/c1-21(13-6-3-7-14-21)18-12-8-9-16-15-22(20(23)24-19(16)18)17-10-4-2-5-11-17/h2,4-5,8-12,15H,3,6-7,13-14H2,1H3/q+1. The molecule has 0 bridgehead atoms. The van der Waals surface area contributed by atoms with E-state index in [0.717, 1.165) is 29.5 Å². The van der Waals surface area contributed by atoms with E-state index in [9.17, 15) is 4.79 Å². The van der Waals surface area contributed by atoms with Gasteiger partial charge in [0, 0.05) is 17.7 Å². The smallest absolute Gasteiger partial charge is 0.371 e. The molecule has 24 heavy (non-hydrogen) atoms. The molecule has 4 rings (SSSR count). The summed E-state index contributed by atoms with van der Waals surface area (Å²) in [7, 11) is 0. The molecule has 1 aromatic heterocycles. The highest BCUT2D eigenvalue weighted by atomic mass is 16.4. The van der Waals surface area contributed by atoms with E-state index in [1.807, 2.05) is 42.6 Å². The van der Waals surface area contributed by atoms with Gasteiger partial charge in [-0.15, -0.1) is 0 Å². The van der Waals surface area contributed by atoms with Crippen LogP contribution in [0.2, 0.25) is 0 Å². The Labute approximate surface area is 141 Å². The average molecular weight is 320 g/mol. The van der Waals surface area contributed by atoms with Crippen molar-refractivity contribution in [1.29, 1.82) is 0 Å². The molecular weight excluding hydrogens is 298 g/mol. The van der Waals surface area contributed by atoms with E-state index in [1.165, 1.54) is 24.8 Å². The van der Waals surface area contributed by atoms with Crippen molar-refractivity contribution in [1.82, 2.24) is 0 Å². The quantitative estimate of drug-likeness (QED) is 0.660. The number of benzene rings is 2. The average Bonchev–Trinajstić information content (AvgIpc) is 2.62. The molecule has 3 aromatic rings. The summed E-state index contributed by atoms with van der Waals surface area (Å²) in [5, 5.41) is 0.975. The van der Waals surface area contributed by atoms with E-state index in [0.29, 0.717) is 0 Å². The van der Waals surface area contributed by atoms with E-state index in [4.69, 9.17) is 4.42 Å². The number of rotatable bonds is 2. The Kier molecular flexibility index (Phi) is 3.72. The van der Waals surface area contributed by atoms with Crippen LogP contribution in [0, 0.1) is 0 Å². The Morgan fingerprint density at radius 2 is 1.71 bits per heavy atom. The minimum absolute atomic E-state index is 0.104. The van der Waals surface area contributed by atoms with E-state index >= 15 is 0 Å². The third kappa shape index (κ3) is 2.54. The number of fused-ring (bicyclic) bond motifs is 1. The lowest BCUT2D eigenvalue weighted by molar-refractivity contribution is -0.623. The van der Waals surface area contributed by atoms with Crippen LogP contribution in [0.15, 0.2) is 63.9 Å². The van der Waals surface area contributed by atoms with Crippen molar-refractivity contribution in [3.8, 4) is 5.69 Å². The van der Waals surface area contributed by atoms with Crippen LogP contribution >= 0.6 is 0 Å². The van der Waals surface area contributed by atoms with Crippen molar-refractivity contribution < 1.29 is 8.98 Å². The zero-order chi connectivity index (χ0) is 16.6. The van der Waals surface area contributed by atoms with Crippen molar-refractivity contribution in [3.05, 3.63) is 70.8 Å². The van der Waals surface area contributed by atoms with Gasteiger partial charge in [-0.25, -0.2) is 0 Å². The third-order valence-corrected chi connectivity index (χ3v) is 5.34. The van der Waals surface area contributed by atoms with Crippen molar-refractivity contribution in [3.63, 3.8) is 0 Å². The molecule has 0 N–H and O–H groups in total. The summed E-state index contributed by atoms with van der Waals surface area (Å²) in [5.74, 6) is -0.333. The lowest BCUT2D eigenvalue weighted by atomic mass is 9.70. The molecule has 1 saturated carbocycles. The molecule has 0 saturated heterocycles. The number of nitrogens with zero attached hydrogens (tertiary/aromatic N) is 1. The van der Waals surface area contributed by atoms with Gasteiger partial charge in [-0.3, -0.25) is 0 Å². The Bertz CT molecular complexity index is 921. The Balaban J connectivity index is 1.90. The maximum absolute atomic E-state index is 12.6. The molecule has 0 aliphatic heterocycles. The fourth-order valence-corrected chi connectivity index (χ4v) is 3.94. The van der Waals surface area contributed by atoms with Gasteiger partial charge in [0.2, 0.25) is 5.69 Å². The predicted molar refractivity (Wildman–Crippen MR) is 94.5 cm³/mol. The molecule has 1 fully saturated rings. The summed E-state index contributed by atoms with van der Waals surface area (Å²) < 4.78 is 7.38. The molecule has 0 radical (unpaired) electrons. The fourth-order valence-electron chi connectivity index (χ4n) is 3.94. The molecule has 1 aliphatic carbocycles. The van der Waals surface area contributed by atoms with Gasteiger partial charge in [0.1, 0.15) is 0 Å². The first-order valence-corrected chi connectivity index (χ1v) is 8.72. The third-order valence-electron chi connectivity index (χ3n) is 5.34. The van der Waals surface area contributed by atoms with Crippen molar-refractivity contribution in [2.45, 2.75) is 44.4 Å². The van der Waals surface area contributed by atoms with E-state index in [2.05, 4.69) is 19.1 Å². The Morgan fingerprint density at radius 1 is 0.958 bits per heavy atom. The SMILES string of the molecule is CC1(c2cccc3c[n+](-c4ccccc4)c(=O)oc23)CCCCC1. The van der Waals surface area contributed by atoms with Gasteiger partial charge < -0.3 is 4.42 Å². The normalized spacial score (nSPS) is 17.0. The topological polar surface area (TPSA) is 34.1 Å². The molecule has 1 heterocycles. The zero-order valence-electron chi connectivity index (χ0n) is 14.0. The second kappa shape index (κ2) is 5.90. The maximum Gasteiger partial charge on any atom is 0.608 e. The van der Waals surface area contributed by atoms with Crippen LogP contribution in [0.4, 0.5) is 0 Å². The van der Waals surface area contributed by atoms with Crippen LogP contribution in [-0.4, -0.2) is 0 Å². The summed E-state index contributed by atoms with van der Waals surface area (Å²) in [5.41, 5.74) is 2.85. The molecule has 3 heteroatoms. The highest BCUT2D eigenvalue weighted by molar-refractivity contribution is 5.79. The predicted octanol–water partition coefficient (Wildman–Crippen LogP) is 4.29. The van der Waals surface area contributed by atoms with Crippen LogP contribution in [0.3, 0.4) is 0 Å². The van der Waals surface area contributed by atoms with Crippen LogP contribution in [0.1, 0.15) is 44.6 Å². The van der Waals surface area contributed by atoms with Crippen molar-refractivity contribution in [2.75, 3.05) is 0 Å². The first kappa shape index (κ1) is 15.1. The maximum atomic E-state index is 12.6. The molecule has 122 valence electrons. The van der Waals surface area contributed by atoms with Crippen molar-refractivity contribution >= 4 is 11.0 Å². The van der Waals surface area contributed by atoms with Crippen molar-refractivity contribution in [2.24, 2.45) is 0 Å². The number of aromatic nitrogens is 1. The minimum Gasteiger partial charge on any atom is -0.371 e. The molecule has 1 aliphatic rings. The van der Waals surface area contributed by atoms with Crippen LogP contribution in [0.5, 0.6) is 0 Å². The fraction of sp³-hybridized carbons (Fsp3) is 0.333. The monoisotopic (exact) mass is 320 g/mol. The molecule has 3 nitrogen and oxygen atoms in total. The molecule has 0 spiro atoms. The highest BCUT2D eigenvalue weighted by Gasteiger charge is 2.32. The van der Waals surface area contributed by atoms with Gasteiger partial charge in [-0.05, 0) is 24.3 Å². The Morgan fingerprint density at radius 3 is 2.46 bits per heavy atom. The van der Waals surface area contributed by atoms with E-state index in [1.54, 1.807) is 4.57 Å². The summed E-state index contributed by atoms with van der Waals surface area (Å²) in [4.78, 5) is 12.6. The molecular formula is C21H22NO2+. The van der Waals surface area contributed by atoms with E-state index < -0.39 is 0 Å². The molecule has 0 atom stereocenters. The molecule has 0 unspecified atom stereocenters. The van der Waals surface area contributed by atoms with Gasteiger partial charge in [-0.2, -0.15) is 4.79 Å². The number of hydrogen-bond donors (Lipinski definition) is 0. The summed E-state index contributed by atoms with van der Waals surface area (Å²) >= 11 is 0. The minimum atomic E-state index is -0.333. The van der Waals surface area contributed by atoms with Gasteiger partial charge in [-0.1, -0.05) is 61.1 Å². The number of para-hydroxylation sites is 2. The van der Waals surface area contributed by atoms with Gasteiger partial charge in [0.25, 0.3) is 0 Å². The Hall–Kier alpha value is -2.42. The largest absolute Gasteiger partial charge is 0.608 e. The van der Waals surface area contributed by atoms with Gasteiger partial charge in [0.15, 0.2) is 11.8 Å². The van der Waals surface area contributed by atoms with Crippen LogP contribution in [0.25, 0.3) is 16.7 Å². The second-order valence-electron chi connectivity index (χ2n) is 7.05. The molecule has 2 aromatic carbocycles. The van der Waals surface area contributed by atoms with Crippen LogP contribution in [-0.2, 0) is 5.41 Å². The number of hydrogen-bond acceptors (Lipinski definition) is 2. The lowest BCUT2D eigenvalue weighted by Crippen LogP contribution is -2.46. The second-order valence-corrected chi connectivity index (χ2v) is 7.05. The lowest BCUT2D eigenvalue weighted by Gasteiger charge is -2.34. The summed E-state index contributed by atoms with van der Waals surface area (Å²) in [6.07, 6.45) is 8.00. The van der Waals surface area contributed by atoms with Crippen LogP contribution < -0.4 is 10.3 Å². The molecule has 0 amide bonds. The summed E-state index contributed by atoms with van der Waals surface area (Å²) in [6.45, 7) is 2.30. The van der Waals surface area contributed by atoms with E-state index in [-0.39, 0.29) is 11.2 Å². The summed E-state index contributed by atoms with van der Waals surface area (Å²) in [6, 6.07) is 15.8. The first-order chi connectivity index (χ1) is 11.7. The van der Waals surface area contributed by atoms with Gasteiger partial charge in [0.05, 0.1) is 5.39 Å². The highest BCUT2D eigenvalue weighted by Crippen LogP contribution is 2.41. The first-order valence-electron chi connectivity index (χ1n) is 8.72. The zero-order valence-corrected chi connectivity index (χ0v) is 14.0.